The van der Waals surface area contributed by atoms with Gasteiger partial charge in [0.05, 0.1) is 4.90 Å². The Balaban J connectivity index is 1.55. The topological polar surface area (TPSA) is 49.4 Å². The average Bonchev–Trinajstić information content (AvgIpc) is 2.84. The average molecular weight is 351 g/mol. The van der Waals surface area contributed by atoms with Crippen molar-refractivity contribution in [2.75, 3.05) is 13.1 Å². The van der Waals surface area contributed by atoms with Crippen LogP contribution in [-0.4, -0.2) is 37.9 Å². The molecule has 4 nitrogen and oxygen atoms in total. The van der Waals surface area contributed by atoms with Crippen LogP contribution >= 0.6 is 0 Å². The zero-order valence-electron chi connectivity index (χ0n) is 14.7. The van der Waals surface area contributed by atoms with Gasteiger partial charge >= 0.3 is 0 Å². The van der Waals surface area contributed by atoms with Crippen LogP contribution in [0, 0.1) is 6.92 Å². The summed E-state index contributed by atoms with van der Waals surface area (Å²) in [6.45, 7) is 3.22. The number of aryl methyl sites for hydroxylation is 1. The van der Waals surface area contributed by atoms with Gasteiger partial charge in [0.2, 0.25) is 10.0 Å². The molecule has 0 atom stereocenters. The third-order valence-electron chi connectivity index (χ3n) is 5.44. The molecule has 0 spiro atoms. The lowest BCUT2D eigenvalue weighted by atomic mass is 10.0. The minimum atomic E-state index is -3.34. The normalized spacial score (nSPS) is 22.4. The Morgan fingerprint density at radius 3 is 2.00 bits per heavy atom. The Hall–Kier alpha value is -0.910. The maximum Gasteiger partial charge on any atom is 0.243 e. The van der Waals surface area contributed by atoms with E-state index in [4.69, 9.17) is 0 Å². The van der Waals surface area contributed by atoms with Gasteiger partial charge in [-0.25, -0.2) is 8.42 Å². The van der Waals surface area contributed by atoms with Gasteiger partial charge in [0.25, 0.3) is 0 Å². The number of piperidine rings is 1. The molecule has 0 unspecified atom stereocenters. The lowest BCUT2D eigenvalue weighted by Crippen LogP contribution is -2.47. The highest BCUT2D eigenvalue weighted by Crippen LogP contribution is 2.23. The lowest BCUT2D eigenvalue weighted by molar-refractivity contribution is 0.265. The Labute approximate surface area is 146 Å². The molecule has 134 valence electrons. The number of hydrogen-bond donors (Lipinski definition) is 1. The lowest BCUT2D eigenvalue weighted by Gasteiger charge is -2.34. The molecule has 1 saturated carbocycles. The fraction of sp³-hybridized carbons (Fsp3) is 0.684. The van der Waals surface area contributed by atoms with E-state index in [9.17, 15) is 8.42 Å². The molecule has 1 heterocycles. The van der Waals surface area contributed by atoms with Gasteiger partial charge in [0.15, 0.2) is 0 Å². The van der Waals surface area contributed by atoms with Crippen molar-refractivity contribution in [1.29, 1.82) is 0 Å². The molecule has 2 fully saturated rings. The molecule has 1 saturated heterocycles. The van der Waals surface area contributed by atoms with E-state index in [1.165, 1.54) is 38.5 Å². The molecule has 3 rings (SSSR count). The quantitative estimate of drug-likeness (QED) is 0.846. The molecule has 24 heavy (non-hydrogen) atoms. The monoisotopic (exact) mass is 350 g/mol. The minimum absolute atomic E-state index is 0.420. The van der Waals surface area contributed by atoms with Gasteiger partial charge in [0.1, 0.15) is 0 Å². The fourth-order valence-corrected chi connectivity index (χ4v) is 5.37. The second-order valence-corrected chi connectivity index (χ2v) is 9.28. The standard InChI is InChI=1S/C19H30N2O2S/c1-16-8-10-19(11-9-16)24(22,23)21-14-12-18(13-15-21)20-17-6-4-2-3-5-7-17/h8-11,17-18,20H,2-7,12-15H2,1H3. The van der Waals surface area contributed by atoms with Crippen molar-refractivity contribution in [2.24, 2.45) is 0 Å². The molecular formula is C19H30N2O2S. The molecule has 1 aromatic carbocycles. The van der Waals surface area contributed by atoms with Gasteiger partial charge in [-0.1, -0.05) is 43.4 Å². The molecule has 1 N–H and O–H groups in total. The largest absolute Gasteiger partial charge is 0.311 e. The SMILES string of the molecule is Cc1ccc(S(=O)(=O)N2CCC(NC3CCCCCC3)CC2)cc1. The van der Waals surface area contributed by atoms with E-state index in [-0.39, 0.29) is 0 Å². The summed E-state index contributed by atoms with van der Waals surface area (Å²) in [4.78, 5) is 0.420. The van der Waals surface area contributed by atoms with E-state index < -0.39 is 10.0 Å². The molecule has 0 amide bonds. The Kier molecular flexibility index (Phi) is 5.95. The van der Waals surface area contributed by atoms with E-state index in [0.717, 1.165) is 18.4 Å². The molecule has 1 aliphatic heterocycles. The van der Waals surface area contributed by atoms with Crippen LogP contribution in [0.2, 0.25) is 0 Å². The van der Waals surface area contributed by atoms with Crippen LogP contribution in [0.4, 0.5) is 0 Å². The summed E-state index contributed by atoms with van der Waals surface area (Å²) in [6.07, 6.45) is 9.79. The first-order valence-corrected chi connectivity index (χ1v) is 10.8. The summed E-state index contributed by atoms with van der Waals surface area (Å²) in [5.41, 5.74) is 1.08. The van der Waals surface area contributed by atoms with Crippen molar-refractivity contribution in [1.82, 2.24) is 9.62 Å². The summed E-state index contributed by atoms with van der Waals surface area (Å²) in [7, 11) is -3.34. The maximum atomic E-state index is 12.7. The second-order valence-electron chi connectivity index (χ2n) is 7.35. The van der Waals surface area contributed by atoms with Crippen molar-refractivity contribution in [3.05, 3.63) is 29.8 Å². The first-order valence-electron chi connectivity index (χ1n) is 9.38. The first kappa shape index (κ1) is 17.9. The highest BCUT2D eigenvalue weighted by Gasteiger charge is 2.30. The number of nitrogens with one attached hydrogen (secondary N) is 1. The summed E-state index contributed by atoms with van der Waals surface area (Å²) < 4.78 is 27.1. The minimum Gasteiger partial charge on any atom is -0.311 e. The van der Waals surface area contributed by atoms with Gasteiger partial charge in [-0.2, -0.15) is 4.31 Å². The van der Waals surface area contributed by atoms with Gasteiger partial charge in [-0.3, -0.25) is 0 Å². The van der Waals surface area contributed by atoms with Crippen LogP contribution < -0.4 is 5.32 Å². The Morgan fingerprint density at radius 2 is 1.42 bits per heavy atom. The highest BCUT2D eigenvalue weighted by molar-refractivity contribution is 7.89. The molecular weight excluding hydrogens is 320 g/mol. The van der Waals surface area contributed by atoms with Crippen LogP contribution in [0.1, 0.15) is 56.9 Å². The zero-order chi connectivity index (χ0) is 17.0. The molecule has 0 bridgehead atoms. The summed E-state index contributed by atoms with van der Waals surface area (Å²) in [6, 6.07) is 8.29. The van der Waals surface area contributed by atoms with Gasteiger partial charge in [-0.05, 0) is 44.7 Å². The van der Waals surface area contributed by atoms with Crippen molar-refractivity contribution >= 4 is 10.0 Å². The van der Waals surface area contributed by atoms with Crippen LogP contribution in [0.3, 0.4) is 0 Å². The molecule has 5 heteroatoms. The smallest absolute Gasteiger partial charge is 0.243 e. The molecule has 1 aromatic rings. The van der Waals surface area contributed by atoms with E-state index >= 15 is 0 Å². The first-order chi connectivity index (χ1) is 11.6. The van der Waals surface area contributed by atoms with Gasteiger partial charge in [0, 0.05) is 25.2 Å². The molecule has 2 aliphatic rings. The maximum absolute atomic E-state index is 12.7. The third-order valence-corrected chi connectivity index (χ3v) is 7.35. The van der Waals surface area contributed by atoms with Gasteiger partial charge < -0.3 is 5.32 Å². The molecule has 0 aromatic heterocycles. The molecule has 0 radical (unpaired) electrons. The third kappa shape index (κ3) is 4.38. The highest BCUT2D eigenvalue weighted by atomic mass is 32.2. The van der Waals surface area contributed by atoms with Crippen molar-refractivity contribution in [3.63, 3.8) is 0 Å². The number of sulfonamides is 1. The van der Waals surface area contributed by atoms with E-state index in [0.29, 0.717) is 30.1 Å². The predicted octanol–water partition coefficient (Wildman–Crippen LogP) is 3.46. The van der Waals surface area contributed by atoms with Crippen LogP contribution in [0.15, 0.2) is 29.2 Å². The summed E-state index contributed by atoms with van der Waals surface area (Å²) >= 11 is 0. The number of benzene rings is 1. The summed E-state index contributed by atoms with van der Waals surface area (Å²) in [5, 5.41) is 3.80. The zero-order valence-corrected chi connectivity index (χ0v) is 15.5. The molecule has 1 aliphatic carbocycles. The van der Waals surface area contributed by atoms with E-state index in [1.54, 1.807) is 16.4 Å². The fourth-order valence-electron chi connectivity index (χ4n) is 3.90. The van der Waals surface area contributed by atoms with Crippen molar-refractivity contribution in [2.45, 2.75) is 75.3 Å². The van der Waals surface area contributed by atoms with Crippen LogP contribution in [0.5, 0.6) is 0 Å². The number of rotatable bonds is 4. The summed E-state index contributed by atoms with van der Waals surface area (Å²) in [5.74, 6) is 0. The number of hydrogen-bond acceptors (Lipinski definition) is 3. The van der Waals surface area contributed by atoms with Gasteiger partial charge in [-0.15, -0.1) is 0 Å². The number of nitrogens with zero attached hydrogens (tertiary/aromatic N) is 1. The Morgan fingerprint density at radius 1 is 0.875 bits per heavy atom. The van der Waals surface area contributed by atoms with Crippen molar-refractivity contribution in [3.8, 4) is 0 Å². The van der Waals surface area contributed by atoms with E-state index in [1.807, 2.05) is 19.1 Å². The second kappa shape index (κ2) is 7.98. The van der Waals surface area contributed by atoms with Crippen molar-refractivity contribution < 1.29 is 8.42 Å². The van der Waals surface area contributed by atoms with E-state index in [2.05, 4.69) is 5.32 Å². The van der Waals surface area contributed by atoms with Crippen LogP contribution in [-0.2, 0) is 10.0 Å². The Bertz CT molecular complexity index is 611. The van der Waals surface area contributed by atoms with Crippen LogP contribution in [0.25, 0.3) is 0 Å². The predicted molar refractivity (Wildman–Crippen MR) is 97.6 cm³/mol.